The number of nitrogens with zero attached hydrogens (tertiary/aromatic N) is 2. The lowest BCUT2D eigenvalue weighted by molar-refractivity contribution is -0.145. The molecule has 5 fully saturated rings. The van der Waals surface area contributed by atoms with Gasteiger partial charge in [0.1, 0.15) is 11.6 Å². The van der Waals surface area contributed by atoms with E-state index < -0.39 is 17.3 Å². The van der Waals surface area contributed by atoms with Crippen LogP contribution in [-0.2, 0) is 4.79 Å². The van der Waals surface area contributed by atoms with Crippen molar-refractivity contribution in [1.82, 2.24) is 0 Å². The molecule has 5 saturated carbocycles. The minimum Gasteiger partial charge on any atom is -0.299 e. The number of benzene rings is 1. The van der Waals surface area contributed by atoms with Gasteiger partial charge in [-0.25, -0.2) is 4.39 Å². The first-order chi connectivity index (χ1) is 12.5. The number of carbonyl (C=O) groups excluding carboxylic acids is 1. The van der Waals surface area contributed by atoms with Gasteiger partial charge >= 0.3 is 0 Å². The number of halogens is 1. The van der Waals surface area contributed by atoms with Gasteiger partial charge in [0.15, 0.2) is 5.41 Å². The van der Waals surface area contributed by atoms with Crippen LogP contribution >= 0.6 is 0 Å². The van der Waals surface area contributed by atoms with E-state index in [1.807, 2.05) is 0 Å². The van der Waals surface area contributed by atoms with Crippen LogP contribution in [0.25, 0.3) is 0 Å². The first kappa shape index (κ1) is 16.0. The van der Waals surface area contributed by atoms with Crippen molar-refractivity contribution >= 4 is 5.78 Å². The number of rotatable bonds is 3. The van der Waals surface area contributed by atoms with Crippen molar-refractivity contribution in [2.45, 2.75) is 44.4 Å². The van der Waals surface area contributed by atoms with Gasteiger partial charge in [0.25, 0.3) is 0 Å². The highest BCUT2D eigenvalue weighted by Gasteiger charge is 2.73. The number of hydrogen-bond donors (Lipinski definition) is 0. The minimum absolute atomic E-state index is 0.119. The summed E-state index contributed by atoms with van der Waals surface area (Å²) in [6.45, 7) is 0. The maximum Gasteiger partial charge on any atom is 0.161 e. The summed E-state index contributed by atoms with van der Waals surface area (Å²) >= 11 is 0. The van der Waals surface area contributed by atoms with Gasteiger partial charge in [0.2, 0.25) is 0 Å². The minimum atomic E-state index is -1.33. The first-order valence-corrected chi connectivity index (χ1v) is 9.63. The number of nitriles is 2. The molecule has 132 valence electrons. The molecule has 0 aliphatic heterocycles. The molecule has 0 unspecified atom stereocenters. The molecule has 4 heteroatoms. The largest absolute Gasteiger partial charge is 0.299 e. The van der Waals surface area contributed by atoms with E-state index in [2.05, 4.69) is 12.1 Å². The maximum absolute atomic E-state index is 13.7. The Labute approximate surface area is 152 Å². The first-order valence-electron chi connectivity index (χ1n) is 9.63. The van der Waals surface area contributed by atoms with Gasteiger partial charge in [-0.05, 0) is 74.0 Å². The van der Waals surface area contributed by atoms with Crippen LogP contribution in [0.5, 0.6) is 0 Å². The summed E-state index contributed by atoms with van der Waals surface area (Å²) in [6.07, 6.45) is 6.51. The van der Waals surface area contributed by atoms with Crippen LogP contribution in [0.1, 0.15) is 50.0 Å². The molecule has 6 rings (SSSR count). The van der Waals surface area contributed by atoms with Gasteiger partial charge in [-0.2, -0.15) is 10.5 Å². The summed E-state index contributed by atoms with van der Waals surface area (Å²) in [5.41, 5.74) is -1.05. The molecule has 0 N–H and O–H groups in total. The molecule has 0 saturated heterocycles. The highest BCUT2D eigenvalue weighted by atomic mass is 19.1. The summed E-state index contributed by atoms with van der Waals surface area (Å²) in [7, 11) is 0. The Bertz CT molecular complexity index is 828. The van der Waals surface area contributed by atoms with Crippen molar-refractivity contribution in [1.29, 1.82) is 10.5 Å². The molecule has 0 radical (unpaired) electrons. The van der Waals surface area contributed by atoms with Gasteiger partial charge < -0.3 is 0 Å². The second-order valence-electron chi connectivity index (χ2n) is 9.17. The number of carbonyl (C=O) groups is 1. The van der Waals surface area contributed by atoms with Crippen LogP contribution in [0, 0.1) is 63.0 Å². The Morgan fingerprint density at radius 2 is 1.62 bits per heavy atom. The van der Waals surface area contributed by atoms with Gasteiger partial charge in [-0.1, -0.05) is 12.1 Å². The molecule has 5 aliphatic rings. The van der Waals surface area contributed by atoms with Crippen molar-refractivity contribution in [3.63, 3.8) is 0 Å². The SMILES string of the molecule is N#CC1(C#N)[C@H](c2cccc(F)c2)[C@@H]1C(=O)C12CC3CC(CC(C3)C1)C2. The lowest BCUT2D eigenvalue weighted by Gasteiger charge is -2.56. The highest BCUT2D eigenvalue weighted by molar-refractivity contribution is 5.94. The van der Waals surface area contributed by atoms with Crippen LogP contribution in [0.3, 0.4) is 0 Å². The third-order valence-electron chi connectivity index (χ3n) is 7.63. The quantitative estimate of drug-likeness (QED) is 0.815. The van der Waals surface area contributed by atoms with E-state index in [4.69, 9.17) is 0 Å². The van der Waals surface area contributed by atoms with Gasteiger partial charge in [0, 0.05) is 11.3 Å². The molecule has 1 aromatic rings. The van der Waals surface area contributed by atoms with Crippen LogP contribution in [0.2, 0.25) is 0 Å². The predicted molar refractivity (Wildman–Crippen MR) is 91.9 cm³/mol. The van der Waals surface area contributed by atoms with Crippen LogP contribution in [0.4, 0.5) is 4.39 Å². The fourth-order valence-electron chi connectivity index (χ4n) is 6.95. The zero-order valence-corrected chi connectivity index (χ0v) is 14.6. The lowest BCUT2D eigenvalue weighted by atomic mass is 9.48. The van der Waals surface area contributed by atoms with Crippen molar-refractivity contribution in [3.05, 3.63) is 35.6 Å². The highest BCUT2D eigenvalue weighted by Crippen LogP contribution is 2.70. The fourth-order valence-corrected chi connectivity index (χ4v) is 6.95. The van der Waals surface area contributed by atoms with E-state index in [0.29, 0.717) is 23.3 Å². The molecule has 26 heavy (non-hydrogen) atoms. The average Bonchev–Trinajstić information content (AvgIpc) is 3.29. The number of ketones is 1. The predicted octanol–water partition coefficient (Wildman–Crippen LogP) is 4.36. The molecular weight excluding hydrogens is 327 g/mol. The Morgan fingerprint density at radius 3 is 2.12 bits per heavy atom. The average molecular weight is 348 g/mol. The summed E-state index contributed by atoms with van der Waals surface area (Å²) in [6, 6.07) is 10.3. The zero-order chi connectivity index (χ0) is 18.1. The van der Waals surface area contributed by atoms with Gasteiger partial charge in [-0.3, -0.25) is 4.79 Å². The third kappa shape index (κ3) is 1.99. The molecule has 0 spiro atoms. The zero-order valence-electron chi connectivity index (χ0n) is 14.6. The van der Waals surface area contributed by atoms with E-state index in [1.165, 1.54) is 31.4 Å². The molecular formula is C22H21FN2O. The topological polar surface area (TPSA) is 64.7 Å². The van der Waals surface area contributed by atoms with E-state index in [0.717, 1.165) is 19.3 Å². The summed E-state index contributed by atoms with van der Waals surface area (Å²) in [5.74, 6) is 0.541. The van der Waals surface area contributed by atoms with Gasteiger partial charge in [-0.15, -0.1) is 0 Å². The van der Waals surface area contributed by atoms with Gasteiger partial charge in [0.05, 0.1) is 18.1 Å². The summed E-state index contributed by atoms with van der Waals surface area (Å²) in [5, 5.41) is 19.5. The molecule has 3 nitrogen and oxygen atoms in total. The standard InChI is InChI=1S/C22H21FN2O/c23-17-3-1-2-16(7-17)18-19(22(18,11-24)12-25)20(26)21-8-13-4-14(9-21)6-15(5-13)10-21/h1-3,7,13-15,18-19H,4-6,8-10H2/t13?,14?,15?,18-,19-,21?/m1/s1. The number of hydrogen-bond acceptors (Lipinski definition) is 3. The second kappa shape index (κ2) is 5.17. The molecule has 5 aliphatic carbocycles. The molecule has 0 aromatic heterocycles. The fraction of sp³-hybridized carbons (Fsp3) is 0.591. The van der Waals surface area contributed by atoms with Crippen LogP contribution in [-0.4, -0.2) is 5.78 Å². The number of Topliss-reactive ketones (excluding diaryl/α,β-unsaturated/α-hetero) is 1. The van der Waals surface area contributed by atoms with Crippen molar-refractivity contribution < 1.29 is 9.18 Å². The molecule has 0 heterocycles. The Morgan fingerprint density at radius 1 is 1.04 bits per heavy atom. The second-order valence-corrected chi connectivity index (χ2v) is 9.17. The maximum atomic E-state index is 13.7. The monoisotopic (exact) mass is 348 g/mol. The smallest absolute Gasteiger partial charge is 0.161 e. The van der Waals surface area contributed by atoms with E-state index in [9.17, 15) is 19.7 Å². The Kier molecular flexibility index (Phi) is 3.18. The normalized spacial score (nSPS) is 41.3. The summed E-state index contributed by atoms with van der Waals surface area (Å²) in [4.78, 5) is 13.7. The summed E-state index contributed by atoms with van der Waals surface area (Å²) < 4.78 is 13.7. The Hall–Kier alpha value is -2.20. The van der Waals surface area contributed by atoms with Crippen molar-refractivity contribution in [2.24, 2.45) is 34.5 Å². The van der Waals surface area contributed by atoms with Crippen LogP contribution < -0.4 is 0 Å². The van der Waals surface area contributed by atoms with Crippen molar-refractivity contribution in [2.75, 3.05) is 0 Å². The van der Waals surface area contributed by atoms with E-state index in [1.54, 1.807) is 12.1 Å². The molecule has 2 atom stereocenters. The third-order valence-corrected chi connectivity index (χ3v) is 7.63. The molecule has 4 bridgehead atoms. The van der Waals surface area contributed by atoms with Crippen molar-refractivity contribution in [3.8, 4) is 12.1 Å². The molecule has 1 aromatic carbocycles. The lowest BCUT2D eigenvalue weighted by Crippen LogP contribution is -2.50. The Balaban J connectivity index is 1.52. The van der Waals surface area contributed by atoms with Crippen LogP contribution in [0.15, 0.2) is 24.3 Å². The van der Waals surface area contributed by atoms with E-state index >= 15 is 0 Å². The van der Waals surface area contributed by atoms with E-state index in [-0.39, 0.29) is 17.0 Å². The molecule has 0 amide bonds.